The van der Waals surface area contributed by atoms with Crippen molar-refractivity contribution in [3.05, 3.63) is 35.4 Å². The molecule has 2 N–H and O–H groups in total. The molecule has 1 fully saturated rings. The Morgan fingerprint density at radius 3 is 2.34 bits per heavy atom. The highest BCUT2D eigenvalue weighted by Gasteiger charge is 2.20. The average Bonchev–Trinajstić information content (AvgIpc) is 3.06. The van der Waals surface area contributed by atoms with Crippen LogP contribution in [-0.4, -0.2) is 60.4 Å². The van der Waals surface area contributed by atoms with E-state index in [4.69, 9.17) is 0 Å². The number of aliphatic imine (C=N–C) groups is 1. The van der Waals surface area contributed by atoms with E-state index < -0.39 is 0 Å². The minimum Gasteiger partial charge on any atom is -0.355 e. The maximum Gasteiger partial charge on any atom is 0.222 e. The first-order valence-electron chi connectivity index (χ1n) is 10.5. The van der Waals surface area contributed by atoms with Crippen molar-refractivity contribution < 1.29 is 4.79 Å². The van der Waals surface area contributed by atoms with Crippen LogP contribution in [0.1, 0.15) is 51.7 Å². The molecule has 6 nitrogen and oxygen atoms in total. The summed E-state index contributed by atoms with van der Waals surface area (Å²) in [5.41, 5.74) is 2.41. The summed E-state index contributed by atoms with van der Waals surface area (Å²) in [6, 6.07) is 9.37. The fourth-order valence-corrected chi connectivity index (χ4v) is 3.78. The van der Waals surface area contributed by atoms with E-state index in [-0.39, 0.29) is 29.9 Å². The molecule has 0 radical (unpaired) electrons. The number of nitrogens with zero attached hydrogens (tertiary/aromatic N) is 3. The third-order valence-electron chi connectivity index (χ3n) is 5.31. The summed E-state index contributed by atoms with van der Waals surface area (Å²) in [6.07, 6.45) is 1.65. The van der Waals surface area contributed by atoms with Crippen molar-refractivity contribution in [2.75, 3.05) is 26.7 Å². The molecule has 0 aliphatic carbocycles. The van der Waals surface area contributed by atoms with Crippen molar-refractivity contribution in [2.45, 2.75) is 65.7 Å². The summed E-state index contributed by atoms with van der Waals surface area (Å²) >= 11 is 0. The molecule has 29 heavy (non-hydrogen) atoms. The molecule has 0 atom stereocenters. The van der Waals surface area contributed by atoms with Gasteiger partial charge in [0.05, 0.1) is 0 Å². The first-order chi connectivity index (χ1) is 13.4. The highest BCUT2D eigenvalue weighted by Crippen LogP contribution is 2.17. The Kier molecular flexibility index (Phi) is 11.6. The second kappa shape index (κ2) is 13.1. The maximum absolute atomic E-state index is 11.9. The predicted molar refractivity (Wildman–Crippen MR) is 132 cm³/mol. The lowest BCUT2D eigenvalue weighted by atomic mass is 10.1. The number of carbonyl (C=O) groups is 1. The highest BCUT2D eigenvalue weighted by molar-refractivity contribution is 14.0. The van der Waals surface area contributed by atoms with Gasteiger partial charge in [-0.2, -0.15) is 0 Å². The standard InChI is InChI=1S/C22H37N5O.HI/c1-17(2)27(18(3)4)14-12-24-22(23-5)25-15-19-9-6-7-10-20(19)16-26-13-8-11-21(26)28;/h6-7,9-10,17-18H,8,11-16H2,1-5H3,(H2,23,24,25);1H. The molecule has 0 aromatic heterocycles. The molecule has 0 saturated carbocycles. The number of hydrogen-bond acceptors (Lipinski definition) is 3. The molecule has 0 bridgehead atoms. The van der Waals surface area contributed by atoms with Crippen LogP contribution in [0.25, 0.3) is 0 Å². The number of guanidine groups is 1. The first-order valence-corrected chi connectivity index (χ1v) is 10.5. The third-order valence-corrected chi connectivity index (χ3v) is 5.31. The lowest BCUT2D eigenvalue weighted by Gasteiger charge is -2.30. The van der Waals surface area contributed by atoms with E-state index in [1.165, 1.54) is 11.1 Å². The van der Waals surface area contributed by atoms with Crippen LogP contribution in [0.5, 0.6) is 0 Å². The number of benzene rings is 1. The van der Waals surface area contributed by atoms with E-state index in [0.717, 1.165) is 32.0 Å². The van der Waals surface area contributed by atoms with Crippen LogP contribution in [0.2, 0.25) is 0 Å². The number of rotatable bonds is 9. The van der Waals surface area contributed by atoms with Crippen molar-refractivity contribution in [2.24, 2.45) is 4.99 Å². The van der Waals surface area contributed by atoms with Crippen LogP contribution in [0.4, 0.5) is 0 Å². The molecule has 0 spiro atoms. The molecular formula is C22H38IN5O. The normalized spacial score (nSPS) is 14.7. The minimum absolute atomic E-state index is 0. The summed E-state index contributed by atoms with van der Waals surface area (Å²) in [6.45, 7) is 13.0. The van der Waals surface area contributed by atoms with E-state index in [1.807, 2.05) is 17.0 Å². The zero-order valence-corrected chi connectivity index (χ0v) is 20.9. The summed E-state index contributed by atoms with van der Waals surface area (Å²) in [4.78, 5) is 20.7. The summed E-state index contributed by atoms with van der Waals surface area (Å²) in [5, 5.41) is 6.82. The average molecular weight is 515 g/mol. The quantitative estimate of drug-likeness (QED) is 0.301. The topological polar surface area (TPSA) is 60.0 Å². The Morgan fingerprint density at radius 2 is 1.79 bits per heavy atom. The van der Waals surface area contributed by atoms with Crippen LogP contribution < -0.4 is 10.6 Å². The molecule has 1 aliphatic rings. The number of carbonyl (C=O) groups excluding carboxylic acids is 1. The molecule has 1 aliphatic heterocycles. The Labute approximate surface area is 193 Å². The largest absolute Gasteiger partial charge is 0.355 e. The van der Waals surface area contributed by atoms with Gasteiger partial charge < -0.3 is 15.5 Å². The molecule has 0 unspecified atom stereocenters. The second-order valence-corrected chi connectivity index (χ2v) is 7.97. The predicted octanol–water partition coefficient (Wildman–Crippen LogP) is 3.21. The van der Waals surface area contributed by atoms with Crippen LogP contribution in [-0.2, 0) is 17.9 Å². The molecule has 164 valence electrons. The number of nitrogens with one attached hydrogen (secondary N) is 2. The van der Waals surface area contributed by atoms with Gasteiger partial charge in [-0.05, 0) is 45.2 Å². The molecule has 1 heterocycles. The van der Waals surface area contributed by atoms with Crippen molar-refractivity contribution in [1.82, 2.24) is 20.4 Å². The molecule has 1 amide bonds. The smallest absolute Gasteiger partial charge is 0.222 e. The summed E-state index contributed by atoms with van der Waals surface area (Å²) < 4.78 is 0. The summed E-state index contributed by atoms with van der Waals surface area (Å²) in [7, 11) is 1.80. The van der Waals surface area contributed by atoms with E-state index in [1.54, 1.807) is 7.05 Å². The van der Waals surface area contributed by atoms with Gasteiger partial charge in [-0.25, -0.2) is 0 Å². The minimum atomic E-state index is 0. The number of amides is 1. The van der Waals surface area contributed by atoms with Crippen LogP contribution in [0.15, 0.2) is 29.3 Å². The molecule has 7 heteroatoms. The van der Waals surface area contributed by atoms with Gasteiger partial charge in [-0.1, -0.05) is 24.3 Å². The fourth-order valence-electron chi connectivity index (χ4n) is 3.78. The molecule has 1 saturated heterocycles. The lowest BCUT2D eigenvalue weighted by molar-refractivity contribution is -0.128. The van der Waals surface area contributed by atoms with Gasteiger partial charge in [-0.3, -0.25) is 14.7 Å². The Hall–Kier alpha value is -1.35. The number of hydrogen-bond donors (Lipinski definition) is 2. The Bertz CT molecular complexity index is 654. The maximum atomic E-state index is 11.9. The second-order valence-electron chi connectivity index (χ2n) is 7.97. The lowest BCUT2D eigenvalue weighted by Crippen LogP contribution is -2.45. The zero-order chi connectivity index (χ0) is 20.5. The van der Waals surface area contributed by atoms with Gasteiger partial charge >= 0.3 is 0 Å². The number of likely N-dealkylation sites (tertiary alicyclic amines) is 1. The molecule has 2 rings (SSSR count). The van der Waals surface area contributed by atoms with Crippen molar-refractivity contribution in [1.29, 1.82) is 0 Å². The fraction of sp³-hybridized carbons (Fsp3) is 0.636. The van der Waals surface area contributed by atoms with E-state index in [2.05, 4.69) is 60.4 Å². The van der Waals surface area contributed by atoms with Crippen LogP contribution in [0.3, 0.4) is 0 Å². The van der Waals surface area contributed by atoms with Crippen molar-refractivity contribution in [3.63, 3.8) is 0 Å². The van der Waals surface area contributed by atoms with Gasteiger partial charge in [0.2, 0.25) is 5.91 Å². The van der Waals surface area contributed by atoms with Crippen LogP contribution >= 0.6 is 24.0 Å². The van der Waals surface area contributed by atoms with E-state index >= 15 is 0 Å². The van der Waals surface area contributed by atoms with Crippen molar-refractivity contribution in [3.8, 4) is 0 Å². The zero-order valence-electron chi connectivity index (χ0n) is 18.6. The van der Waals surface area contributed by atoms with Crippen LogP contribution in [0, 0.1) is 0 Å². The molecule has 1 aromatic carbocycles. The Balaban J connectivity index is 0.00000420. The SMILES string of the molecule is CN=C(NCCN(C(C)C)C(C)C)NCc1ccccc1CN1CCCC1=O.I. The first kappa shape index (κ1) is 25.7. The van der Waals surface area contributed by atoms with E-state index in [0.29, 0.717) is 31.6 Å². The molecule has 1 aromatic rings. The van der Waals surface area contributed by atoms with Gasteiger partial charge in [0.25, 0.3) is 0 Å². The Morgan fingerprint density at radius 1 is 1.14 bits per heavy atom. The van der Waals surface area contributed by atoms with Gasteiger partial charge in [-0.15, -0.1) is 24.0 Å². The summed E-state index contributed by atoms with van der Waals surface area (Å²) in [5.74, 6) is 1.07. The van der Waals surface area contributed by atoms with Gasteiger partial charge in [0.15, 0.2) is 5.96 Å². The van der Waals surface area contributed by atoms with Gasteiger partial charge in [0, 0.05) is 58.3 Å². The highest BCUT2D eigenvalue weighted by atomic mass is 127. The molecular weight excluding hydrogens is 477 g/mol. The van der Waals surface area contributed by atoms with E-state index in [9.17, 15) is 4.79 Å². The van der Waals surface area contributed by atoms with Gasteiger partial charge in [0.1, 0.15) is 0 Å². The number of halogens is 1. The van der Waals surface area contributed by atoms with Crippen molar-refractivity contribution >= 4 is 35.8 Å². The third kappa shape index (κ3) is 8.12. The monoisotopic (exact) mass is 515 g/mol.